The second-order valence-electron chi connectivity index (χ2n) is 5.32. The Kier molecular flexibility index (Phi) is 2.24. The van der Waals surface area contributed by atoms with Crippen LogP contribution in [0.5, 0.6) is 0 Å². The first-order valence-corrected chi connectivity index (χ1v) is 6.27. The first-order chi connectivity index (χ1) is 7.18. The summed E-state index contributed by atoms with van der Waals surface area (Å²) in [4.78, 5) is 0. The summed E-state index contributed by atoms with van der Waals surface area (Å²) in [6.45, 7) is 3.34. The zero-order valence-electron chi connectivity index (χ0n) is 9.02. The predicted octanol–water partition coefficient (Wildman–Crippen LogP) is 1.30. The standard InChI is InChI=1S/C12H17ClN2/c1-12(6-9-3-4-10(12)15-9)8-2-5-11(13)14-7-8/h8-11,14-15H,3-4,6-7H2,1H3. The maximum Gasteiger partial charge on any atom is 0.144 e. The first kappa shape index (κ1) is 9.96. The van der Waals surface area contributed by atoms with E-state index < -0.39 is 0 Å². The molecule has 2 nitrogen and oxygen atoms in total. The normalized spacial score (nSPS) is 52.7. The predicted molar refractivity (Wildman–Crippen MR) is 61.6 cm³/mol. The minimum atomic E-state index is -0.142. The SMILES string of the molecule is CC1(C2C#CC(Cl)NC2)CC2CCC1N2. The number of hydrogen-bond acceptors (Lipinski definition) is 2. The van der Waals surface area contributed by atoms with Crippen molar-refractivity contribution < 1.29 is 0 Å². The molecule has 5 atom stereocenters. The van der Waals surface area contributed by atoms with Crippen LogP contribution >= 0.6 is 11.6 Å². The minimum Gasteiger partial charge on any atom is -0.311 e. The van der Waals surface area contributed by atoms with Crippen molar-refractivity contribution in [2.24, 2.45) is 11.3 Å². The molecule has 3 rings (SSSR count). The van der Waals surface area contributed by atoms with E-state index in [0.29, 0.717) is 17.4 Å². The smallest absolute Gasteiger partial charge is 0.144 e. The Morgan fingerprint density at radius 3 is 2.73 bits per heavy atom. The van der Waals surface area contributed by atoms with Crippen LogP contribution in [-0.2, 0) is 0 Å². The van der Waals surface area contributed by atoms with Gasteiger partial charge in [-0.1, -0.05) is 30.4 Å². The molecule has 2 N–H and O–H groups in total. The molecule has 0 aromatic heterocycles. The van der Waals surface area contributed by atoms with Crippen LogP contribution in [0.2, 0.25) is 0 Å². The van der Waals surface area contributed by atoms with Gasteiger partial charge in [-0.05, 0) is 24.7 Å². The van der Waals surface area contributed by atoms with Gasteiger partial charge >= 0.3 is 0 Å². The Labute approximate surface area is 96.1 Å². The lowest BCUT2D eigenvalue weighted by Crippen LogP contribution is -2.45. The van der Waals surface area contributed by atoms with Crippen LogP contribution in [0.15, 0.2) is 0 Å². The fraction of sp³-hybridized carbons (Fsp3) is 0.833. The molecule has 2 bridgehead atoms. The lowest BCUT2D eigenvalue weighted by Gasteiger charge is -2.39. The molecule has 82 valence electrons. The highest BCUT2D eigenvalue weighted by Crippen LogP contribution is 2.48. The molecule has 3 heteroatoms. The topological polar surface area (TPSA) is 24.1 Å². The average Bonchev–Trinajstić information content (AvgIpc) is 2.78. The van der Waals surface area contributed by atoms with E-state index in [2.05, 4.69) is 29.4 Å². The van der Waals surface area contributed by atoms with E-state index >= 15 is 0 Å². The van der Waals surface area contributed by atoms with Crippen molar-refractivity contribution in [2.75, 3.05) is 6.54 Å². The van der Waals surface area contributed by atoms with Gasteiger partial charge in [0.2, 0.25) is 0 Å². The van der Waals surface area contributed by atoms with E-state index in [1.165, 1.54) is 19.3 Å². The summed E-state index contributed by atoms with van der Waals surface area (Å²) in [5, 5.41) is 6.96. The summed E-state index contributed by atoms with van der Waals surface area (Å²) in [5.41, 5.74) is 0.219. The minimum absolute atomic E-state index is 0.142. The molecule has 2 saturated heterocycles. The van der Waals surface area contributed by atoms with Crippen molar-refractivity contribution in [2.45, 2.75) is 43.8 Å². The number of fused-ring (bicyclic) bond motifs is 2. The molecule has 0 aromatic rings. The van der Waals surface area contributed by atoms with Gasteiger partial charge in [0, 0.05) is 24.5 Å². The van der Waals surface area contributed by atoms with Gasteiger partial charge in [0.25, 0.3) is 0 Å². The van der Waals surface area contributed by atoms with E-state index in [1.807, 2.05) is 0 Å². The largest absolute Gasteiger partial charge is 0.311 e. The van der Waals surface area contributed by atoms with E-state index in [9.17, 15) is 0 Å². The van der Waals surface area contributed by atoms with Crippen molar-refractivity contribution in [3.63, 3.8) is 0 Å². The van der Waals surface area contributed by atoms with Crippen LogP contribution in [-0.4, -0.2) is 24.1 Å². The highest BCUT2D eigenvalue weighted by atomic mass is 35.5. The molecule has 0 spiro atoms. The van der Waals surface area contributed by atoms with Gasteiger partial charge in [-0.25, -0.2) is 0 Å². The summed E-state index contributed by atoms with van der Waals surface area (Å²) in [5.74, 6) is 6.89. The maximum absolute atomic E-state index is 5.91. The monoisotopic (exact) mass is 224 g/mol. The summed E-state index contributed by atoms with van der Waals surface area (Å²) in [7, 11) is 0. The van der Waals surface area contributed by atoms with Crippen LogP contribution in [0.3, 0.4) is 0 Å². The molecule has 0 aromatic carbocycles. The van der Waals surface area contributed by atoms with Gasteiger partial charge < -0.3 is 5.32 Å². The highest BCUT2D eigenvalue weighted by Gasteiger charge is 2.51. The van der Waals surface area contributed by atoms with Gasteiger partial charge in [0.1, 0.15) is 5.50 Å². The Balaban J connectivity index is 1.82. The second-order valence-corrected chi connectivity index (χ2v) is 5.75. The van der Waals surface area contributed by atoms with E-state index in [1.54, 1.807) is 0 Å². The Bertz CT molecular complexity index is 332. The molecule has 0 radical (unpaired) electrons. The van der Waals surface area contributed by atoms with Crippen LogP contribution in [0.4, 0.5) is 0 Å². The van der Waals surface area contributed by atoms with E-state index in [4.69, 9.17) is 11.6 Å². The van der Waals surface area contributed by atoms with E-state index in [-0.39, 0.29) is 5.50 Å². The van der Waals surface area contributed by atoms with Crippen molar-refractivity contribution in [1.29, 1.82) is 0 Å². The molecule has 3 heterocycles. The third-order valence-electron chi connectivity index (χ3n) is 4.40. The first-order valence-electron chi connectivity index (χ1n) is 5.83. The Morgan fingerprint density at radius 2 is 2.20 bits per heavy atom. The van der Waals surface area contributed by atoms with Crippen molar-refractivity contribution in [3.05, 3.63) is 0 Å². The zero-order chi connectivity index (χ0) is 10.5. The number of alkyl halides is 1. The highest BCUT2D eigenvalue weighted by molar-refractivity contribution is 6.22. The molecule has 5 unspecified atom stereocenters. The number of hydrogen-bond donors (Lipinski definition) is 2. The summed E-state index contributed by atoms with van der Waals surface area (Å²) >= 11 is 5.91. The van der Waals surface area contributed by atoms with Crippen LogP contribution in [0, 0.1) is 23.2 Å². The number of halogens is 1. The van der Waals surface area contributed by atoms with Crippen molar-refractivity contribution >= 4 is 11.6 Å². The second kappa shape index (κ2) is 3.38. The van der Waals surface area contributed by atoms with Gasteiger partial charge in [0.05, 0.1) is 0 Å². The molecule has 3 aliphatic rings. The Morgan fingerprint density at radius 1 is 1.33 bits per heavy atom. The molecule has 0 aliphatic carbocycles. The maximum atomic E-state index is 5.91. The van der Waals surface area contributed by atoms with Crippen molar-refractivity contribution in [1.82, 2.24) is 10.6 Å². The quantitative estimate of drug-likeness (QED) is 0.399. The van der Waals surface area contributed by atoms with Crippen molar-refractivity contribution in [3.8, 4) is 11.8 Å². The molecular formula is C12H17ClN2. The van der Waals surface area contributed by atoms with E-state index in [0.717, 1.165) is 12.6 Å². The molecule has 2 fully saturated rings. The average molecular weight is 225 g/mol. The van der Waals surface area contributed by atoms with Gasteiger partial charge in [-0.3, -0.25) is 5.32 Å². The fourth-order valence-electron chi connectivity index (χ4n) is 3.45. The summed E-state index contributed by atoms with van der Waals surface area (Å²) in [6.07, 6.45) is 3.96. The number of nitrogens with one attached hydrogen (secondary N) is 2. The van der Waals surface area contributed by atoms with Gasteiger partial charge in [-0.15, -0.1) is 0 Å². The lowest BCUT2D eigenvalue weighted by molar-refractivity contribution is 0.174. The van der Waals surface area contributed by atoms with Gasteiger partial charge in [0.15, 0.2) is 0 Å². The molecular weight excluding hydrogens is 208 g/mol. The van der Waals surface area contributed by atoms with Gasteiger partial charge in [-0.2, -0.15) is 0 Å². The summed E-state index contributed by atoms with van der Waals surface area (Å²) < 4.78 is 0. The molecule has 0 amide bonds. The number of rotatable bonds is 1. The molecule has 3 aliphatic heterocycles. The fourth-order valence-corrected chi connectivity index (χ4v) is 3.61. The Hall–Kier alpha value is -0.230. The zero-order valence-corrected chi connectivity index (χ0v) is 9.77. The molecule has 15 heavy (non-hydrogen) atoms. The lowest BCUT2D eigenvalue weighted by atomic mass is 9.66. The van der Waals surface area contributed by atoms with Crippen LogP contribution in [0.1, 0.15) is 26.2 Å². The summed E-state index contributed by atoms with van der Waals surface area (Å²) in [6, 6.07) is 1.42. The molecule has 0 saturated carbocycles. The third-order valence-corrected chi connectivity index (χ3v) is 4.67. The van der Waals surface area contributed by atoms with Crippen LogP contribution in [0.25, 0.3) is 0 Å². The third kappa shape index (κ3) is 1.49. The van der Waals surface area contributed by atoms with Crippen LogP contribution < -0.4 is 10.6 Å².